The number of carbonyl (C=O) groups is 3. The Kier molecular flexibility index (Phi) is 6.38. The molecule has 2 aromatic heterocycles. The molecule has 1 aliphatic rings. The fourth-order valence-electron chi connectivity index (χ4n) is 2.97. The number of amides is 2. The number of ether oxygens (including phenoxy) is 1. The molecule has 0 bridgehead atoms. The molecule has 0 aromatic carbocycles. The maximum Gasteiger partial charge on any atom is 0.331 e. The molecule has 0 aliphatic carbocycles. The highest BCUT2D eigenvalue weighted by atomic mass is 35.5. The molecule has 154 valence electrons. The highest BCUT2D eigenvalue weighted by Crippen LogP contribution is 2.20. The highest BCUT2D eigenvalue weighted by Gasteiger charge is 2.26. The Balaban J connectivity index is 1.44. The normalized spacial score (nSPS) is 14.4. The van der Waals surface area contributed by atoms with E-state index in [2.05, 4.69) is 5.10 Å². The van der Waals surface area contributed by atoms with E-state index < -0.39 is 5.97 Å². The SMILES string of the molecule is Cc1nn(C)c(Cl)c1/C=C/C(=O)OCC(=O)N1CCN(C(=O)c2ccco2)CC1. The summed E-state index contributed by atoms with van der Waals surface area (Å²) in [5.74, 6) is -0.894. The summed E-state index contributed by atoms with van der Waals surface area (Å²) in [5.41, 5.74) is 1.30. The second kappa shape index (κ2) is 8.95. The minimum absolute atomic E-state index is 0.206. The van der Waals surface area contributed by atoms with E-state index in [0.29, 0.717) is 42.6 Å². The van der Waals surface area contributed by atoms with Gasteiger partial charge >= 0.3 is 5.97 Å². The zero-order chi connectivity index (χ0) is 21.0. The summed E-state index contributed by atoms with van der Waals surface area (Å²) in [7, 11) is 1.70. The van der Waals surface area contributed by atoms with Crippen LogP contribution in [0, 0.1) is 6.92 Å². The van der Waals surface area contributed by atoms with Crippen LogP contribution in [0.4, 0.5) is 0 Å². The van der Waals surface area contributed by atoms with Crippen LogP contribution in [0.3, 0.4) is 0 Å². The summed E-state index contributed by atoms with van der Waals surface area (Å²) < 4.78 is 11.6. The van der Waals surface area contributed by atoms with E-state index in [0.717, 1.165) is 0 Å². The Hall–Kier alpha value is -3.07. The molecule has 1 aliphatic heterocycles. The average Bonchev–Trinajstić information content (AvgIpc) is 3.33. The second-order valence-corrected chi connectivity index (χ2v) is 6.86. The summed E-state index contributed by atoms with van der Waals surface area (Å²) in [6.07, 6.45) is 4.17. The molecule has 3 heterocycles. The van der Waals surface area contributed by atoms with Gasteiger partial charge in [-0.05, 0) is 25.1 Å². The summed E-state index contributed by atoms with van der Waals surface area (Å²) in [5, 5.41) is 4.55. The van der Waals surface area contributed by atoms with Crippen LogP contribution in [0.15, 0.2) is 28.9 Å². The number of nitrogens with zero attached hydrogens (tertiary/aromatic N) is 4. The van der Waals surface area contributed by atoms with Crippen molar-refractivity contribution in [1.82, 2.24) is 19.6 Å². The van der Waals surface area contributed by atoms with E-state index >= 15 is 0 Å². The van der Waals surface area contributed by atoms with Gasteiger partial charge in [0.2, 0.25) is 0 Å². The molecule has 3 rings (SSSR count). The van der Waals surface area contributed by atoms with E-state index in [9.17, 15) is 14.4 Å². The first-order valence-electron chi connectivity index (χ1n) is 9.01. The molecule has 0 spiro atoms. The summed E-state index contributed by atoms with van der Waals surface area (Å²) in [6.45, 7) is 2.91. The van der Waals surface area contributed by atoms with Crippen LogP contribution in [-0.4, -0.2) is 70.1 Å². The van der Waals surface area contributed by atoms with Crippen molar-refractivity contribution < 1.29 is 23.5 Å². The number of hydrogen-bond donors (Lipinski definition) is 0. The summed E-state index contributed by atoms with van der Waals surface area (Å²) >= 11 is 6.10. The molecule has 1 saturated heterocycles. The van der Waals surface area contributed by atoms with Crippen LogP contribution in [0.1, 0.15) is 21.8 Å². The number of esters is 1. The third kappa shape index (κ3) is 4.86. The van der Waals surface area contributed by atoms with Gasteiger partial charge in [-0.1, -0.05) is 11.6 Å². The second-order valence-electron chi connectivity index (χ2n) is 6.50. The first kappa shape index (κ1) is 20.7. The Labute approximate surface area is 172 Å². The monoisotopic (exact) mass is 420 g/mol. The van der Waals surface area contributed by atoms with Gasteiger partial charge in [0.05, 0.1) is 12.0 Å². The van der Waals surface area contributed by atoms with Crippen molar-refractivity contribution in [1.29, 1.82) is 0 Å². The van der Waals surface area contributed by atoms with Gasteiger partial charge in [-0.25, -0.2) is 4.79 Å². The van der Waals surface area contributed by atoms with Crippen LogP contribution in [0.5, 0.6) is 0 Å². The maximum atomic E-state index is 12.3. The van der Waals surface area contributed by atoms with Gasteiger partial charge in [0.15, 0.2) is 12.4 Å². The van der Waals surface area contributed by atoms with Crippen molar-refractivity contribution in [2.45, 2.75) is 6.92 Å². The van der Waals surface area contributed by atoms with Gasteiger partial charge in [0.25, 0.3) is 11.8 Å². The Morgan fingerprint density at radius 3 is 2.52 bits per heavy atom. The van der Waals surface area contributed by atoms with Gasteiger partial charge in [0.1, 0.15) is 5.15 Å². The van der Waals surface area contributed by atoms with Crippen molar-refractivity contribution >= 4 is 35.5 Å². The summed E-state index contributed by atoms with van der Waals surface area (Å²) in [6, 6.07) is 3.26. The lowest BCUT2D eigenvalue weighted by Crippen LogP contribution is -2.51. The number of hydrogen-bond acceptors (Lipinski definition) is 6. The number of aromatic nitrogens is 2. The molecule has 29 heavy (non-hydrogen) atoms. The minimum Gasteiger partial charge on any atom is -0.459 e. The number of rotatable bonds is 5. The fourth-order valence-corrected chi connectivity index (χ4v) is 3.21. The van der Waals surface area contributed by atoms with E-state index in [1.165, 1.54) is 23.1 Å². The van der Waals surface area contributed by atoms with E-state index in [-0.39, 0.29) is 24.2 Å². The highest BCUT2D eigenvalue weighted by molar-refractivity contribution is 6.31. The first-order valence-corrected chi connectivity index (χ1v) is 9.39. The van der Waals surface area contributed by atoms with Gasteiger partial charge in [0, 0.05) is 44.9 Å². The molecule has 2 amide bonds. The molecule has 0 unspecified atom stereocenters. The largest absolute Gasteiger partial charge is 0.459 e. The first-order chi connectivity index (χ1) is 13.9. The number of aryl methyl sites for hydroxylation is 2. The molecule has 0 atom stereocenters. The Morgan fingerprint density at radius 1 is 1.24 bits per heavy atom. The van der Waals surface area contributed by atoms with Gasteiger partial charge in [-0.15, -0.1) is 0 Å². The molecule has 10 heteroatoms. The minimum atomic E-state index is -0.649. The molecule has 1 fully saturated rings. The lowest BCUT2D eigenvalue weighted by atomic mass is 10.2. The van der Waals surface area contributed by atoms with Crippen LogP contribution in [0.25, 0.3) is 6.08 Å². The van der Waals surface area contributed by atoms with Crippen LogP contribution >= 0.6 is 11.6 Å². The van der Waals surface area contributed by atoms with E-state index in [1.54, 1.807) is 35.9 Å². The predicted molar refractivity (Wildman–Crippen MR) is 104 cm³/mol. The van der Waals surface area contributed by atoms with Gasteiger partial charge < -0.3 is 19.0 Å². The lowest BCUT2D eigenvalue weighted by molar-refractivity contribution is -0.148. The van der Waals surface area contributed by atoms with Gasteiger partial charge in [-0.2, -0.15) is 5.10 Å². The Bertz CT molecular complexity index is 927. The van der Waals surface area contributed by atoms with Crippen LogP contribution < -0.4 is 0 Å². The molecule has 2 aromatic rings. The average molecular weight is 421 g/mol. The van der Waals surface area contributed by atoms with E-state index in [4.69, 9.17) is 20.8 Å². The molecule has 9 nitrogen and oxygen atoms in total. The maximum absolute atomic E-state index is 12.3. The molecule has 0 radical (unpaired) electrons. The smallest absolute Gasteiger partial charge is 0.331 e. The molecule has 0 N–H and O–H groups in total. The van der Waals surface area contributed by atoms with Crippen LogP contribution in [0.2, 0.25) is 5.15 Å². The number of furan rings is 1. The van der Waals surface area contributed by atoms with Crippen LogP contribution in [-0.2, 0) is 21.4 Å². The van der Waals surface area contributed by atoms with Crippen molar-refractivity contribution in [3.8, 4) is 0 Å². The standard InChI is InChI=1S/C19H21ClN4O5/c1-13-14(18(20)22(2)21-13)5-6-17(26)29-12-16(25)23-7-9-24(10-8-23)19(27)15-4-3-11-28-15/h3-6,11H,7-10,12H2,1-2H3/b6-5+. The quantitative estimate of drug-likeness (QED) is 0.537. The number of carbonyl (C=O) groups excluding carboxylic acids is 3. The fraction of sp³-hybridized carbons (Fsp3) is 0.368. The zero-order valence-corrected chi connectivity index (χ0v) is 16.9. The third-order valence-electron chi connectivity index (χ3n) is 4.57. The molecule has 0 saturated carbocycles. The predicted octanol–water partition coefficient (Wildman–Crippen LogP) is 1.52. The van der Waals surface area contributed by atoms with Crippen molar-refractivity contribution in [3.05, 3.63) is 46.6 Å². The number of halogens is 1. The lowest BCUT2D eigenvalue weighted by Gasteiger charge is -2.34. The van der Waals surface area contributed by atoms with Crippen molar-refractivity contribution in [2.75, 3.05) is 32.8 Å². The number of piperazine rings is 1. The topological polar surface area (TPSA) is 97.9 Å². The molecular formula is C19H21ClN4O5. The Morgan fingerprint density at radius 2 is 1.93 bits per heavy atom. The van der Waals surface area contributed by atoms with Crippen molar-refractivity contribution in [2.24, 2.45) is 7.05 Å². The third-order valence-corrected chi connectivity index (χ3v) is 5.02. The van der Waals surface area contributed by atoms with Crippen molar-refractivity contribution in [3.63, 3.8) is 0 Å². The summed E-state index contributed by atoms with van der Waals surface area (Å²) in [4.78, 5) is 39.6. The molecular weight excluding hydrogens is 400 g/mol. The zero-order valence-electron chi connectivity index (χ0n) is 16.1. The van der Waals surface area contributed by atoms with Gasteiger partial charge in [-0.3, -0.25) is 14.3 Å². The van der Waals surface area contributed by atoms with E-state index in [1.807, 2.05) is 0 Å².